The summed E-state index contributed by atoms with van der Waals surface area (Å²) in [5.41, 5.74) is 0.910. The minimum atomic E-state index is -4.18. The van der Waals surface area contributed by atoms with Crippen molar-refractivity contribution in [1.82, 2.24) is 4.90 Å². The third-order valence-corrected chi connectivity index (χ3v) is 8.29. The Labute approximate surface area is 232 Å². The van der Waals surface area contributed by atoms with E-state index < -0.39 is 21.3 Å². The quantitative estimate of drug-likeness (QED) is 0.250. The lowest BCUT2D eigenvalue weighted by Gasteiger charge is -2.14. The maximum Gasteiger partial charge on any atom is 0.339 e. The van der Waals surface area contributed by atoms with Crippen molar-refractivity contribution in [3.05, 3.63) is 80.7 Å². The highest BCUT2D eigenvalue weighted by Crippen LogP contribution is 2.42. The Morgan fingerprint density at radius 2 is 1.74 bits per heavy atom. The number of fused-ring (bicyclic) bond motifs is 1. The van der Waals surface area contributed by atoms with Crippen LogP contribution in [0.3, 0.4) is 0 Å². The highest BCUT2D eigenvalue weighted by atomic mass is 35.5. The van der Waals surface area contributed by atoms with Gasteiger partial charge in [-0.3, -0.25) is 14.5 Å². The van der Waals surface area contributed by atoms with Crippen molar-refractivity contribution in [3.8, 4) is 23.0 Å². The average molecular weight is 594 g/mol. The lowest BCUT2D eigenvalue weighted by atomic mass is 10.1. The molecule has 2 aliphatic heterocycles. The van der Waals surface area contributed by atoms with Crippen LogP contribution < -0.4 is 18.4 Å². The summed E-state index contributed by atoms with van der Waals surface area (Å²) in [5, 5.41) is -0.224. The fourth-order valence-electron chi connectivity index (χ4n) is 3.69. The molecule has 0 aliphatic carbocycles. The largest absolute Gasteiger partial charge is 0.493 e. The van der Waals surface area contributed by atoms with Gasteiger partial charge in [-0.1, -0.05) is 41.4 Å². The van der Waals surface area contributed by atoms with E-state index in [2.05, 4.69) is 0 Å². The van der Waals surface area contributed by atoms with Crippen molar-refractivity contribution in [3.63, 3.8) is 0 Å². The highest BCUT2D eigenvalue weighted by Gasteiger charge is 2.36. The third kappa shape index (κ3) is 5.14. The average Bonchev–Trinajstić information content (AvgIpc) is 3.45. The molecule has 0 aromatic heterocycles. The van der Waals surface area contributed by atoms with E-state index >= 15 is 0 Å². The molecule has 0 radical (unpaired) electrons. The Hall–Kier alpha value is -3.38. The van der Waals surface area contributed by atoms with Gasteiger partial charge in [-0.15, -0.1) is 0 Å². The van der Waals surface area contributed by atoms with Crippen molar-refractivity contribution >= 4 is 62.3 Å². The summed E-state index contributed by atoms with van der Waals surface area (Å²) in [6, 6.07) is 13.6. The van der Waals surface area contributed by atoms with Crippen LogP contribution in [0, 0.1) is 0 Å². The van der Waals surface area contributed by atoms with Crippen molar-refractivity contribution in [2.75, 3.05) is 13.9 Å². The van der Waals surface area contributed by atoms with E-state index in [0.29, 0.717) is 27.6 Å². The summed E-state index contributed by atoms with van der Waals surface area (Å²) in [4.78, 5) is 26.9. The Bertz CT molecular complexity index is 1590. The number of halogens is 2. The van der Waals surface area contributed by atoms with E-state index in [9.17, 15) is 18.0 Å². The Morgan fingerprint density at radius 3 is 2.45 bits per heavy atom. The van der Waals surface area contributed by atoms with E-state index in [4.69, 9.17) is 41.6 Å². The van der Waals surface area contributed by atoms with Crippen LogP contribution in [0.25, 0.3) is 6.08 Å². The first-order valence-corrected chi connectivity index (χ1v) is 13.8. The fourth-order valence-corrected chi connectivity index (χ4v) is 6.02. The number of hydrogen-bond acceptors (Lipinski definition) is 9. The molecule has 196 valence electrons. The summed E-state index contributed by atoms with van der Waals surface area (Å²) < 4.78 is 46.5. The first-order valence-electron chi connectivity index (χ1n) is 10.9. The second-order valence-corrected chi connectivity index (χ2v) is 11.3. The third-order valence-electron chi connectivity index (χ3n) is 5.52. The van der Waals surface area contributed by atoms with Crippen LogP contribution in [0.1, 0.15) is 11.1 Å². The van der Waals surface area contributed by atoms with Gasteiger partial charge >= 0.3 is 10.1 Å². The minimum absolute atomic E-state index is 0.0228. The van der Waals surface area contributed by atoms with Gasteiger partial charge < -0.3 is 18.4 Å². The van der Waals surface area contributed by atoms with Crippen LogP contribution in [-0.2, 0) is 21.5 Å². The van der Waals surface area contributed by atoms with Gasteiger partial charge in [0.2, 0.25) is 12.5 Å². The maximum atomic E-state index is 13.1. The van der Waals surface area contributed by atoms with Gasteiger partial charge in [-0.2, -0.15) is 8.42 Å². The second kappa shape index (κ2) is 10.4. The van der Waals surface area contributed by atoms with Crippen LogP contribution >= 0.6 is 35.0 Å². The van der Waals surface area contributed by atoms with Gasteiger partial charge in [0.1, 0.15) is 4.90 Å². The second-order valence-electron chi connectivity index (χ2n) is 7.95. The van der Waals surface area contributed by atoms with E-state index in [1.165, 1.54) is 37.5 Å². The molecule has 0 bridgehead atoms. The first kappa shape index (κ1) is 26.2. The predicted octanol–water partition coefficient (Wildman–Crippen LogP) is 5.73. The minimum Gasteiger partial charge on any atom is -0.493 e. The van der Waals surface area contributed by atoms with Crippen LogP contribution in [0.5, 0.6) is 23.0 Å². The van der Waals surface area contributed by atoms with Gasteiger partial charge in [-0.25, -0.2) is 0 Å². The summed E-state index contributed by atoms with van der Waals surface area (Å²) in [5.74, 6) is 0.249. The molecule has 0 unspecified atom stereocenters. The molecule has 3 aromatic carbocycles. The predicted molar refractivity (Wildman–Crippen MR) is 141 cm³/mol. The molecule has 0 saturated carbocycles. The number of carbonyl (C=O) groups is 2. The SMILES string of the molecule is COc1cc(/C=C2\SC(=O)N(Cc3cc4c(cc3Cl)OCO4)C2=O)cc(Cl)c1OS(=O)(=O)c1ccccc1. The molecule has 13 heteroatoms. The van der Waals surface area contributed by atoms with E-state index in [-0.39, 0.29) is 39.7 Å². The number of rotatable bonds is 7. The summed E-state index contributed by atoms with van der Waals surface area (Å²) >= 11 is 13.4. The maximum absolute atomic E-state index is 13.1. The molecule has 0 atom stereocenters. The number of methoxy groups -OCH3 is 1. The van der Waals surface area contributed by atoms with Gasteiger partial charge in [0, 0.05) is 11.1 Å². The molecule has 2 aliphatic rings. The zero-order valence-corrected chi connectivity index (χ0v) is 22.6. The fraction of sp³-hybridized carbons (Fsp3) is 0.120. The standard InChI is InChI=1S/C25H17Cl2NO8S2/c1-33-21-8-14(7-18(27)23(21)36-38(31,32)16-5-3-2-4-6-16)9-22-24(29)28(25(30)37-22)12-15-10-19-20(11-17(15)26)35-13-34-19/h2-11H,12-13H2,1H3/b22-9-. The van der Waals surface area contributed by atoms with Crippen molar-refractivity contribution in [2.45, 2.75) is 11.4 Å². The summed E-state index contributed by atoms with van der Waals surface area (Å²) in [6.45, 7) is -0.000847. The van der Waals surface area contributed by atoms with Crippen LogP contribution in [0.2, 0.25) is 10.0 Å². The zero-order chi connectivity index (χ0) is 27.0. The number of amides is 2. The van der Waals surface area contributed by atoms with Crippen molar-refractivity contribution < 1.29 is 36.4 Å². The number of benzene rings is 3. The Kier molecular flexibility index (Phi) is 7.19. The zero-order valence-electron chi connectivity index (χ0n) is 19.5. The molecule has 9 nitrogen and oxygen atoms in total. The first-order chi connectivity index (χ1) is 18.2. The molecule has 1 saturated heterocycles. The smallest absolute Gasteiger partial charge is 0.339 e. The molecule has 1 fully saturated rings. The highest BCUT2D eigenvalue weighted by molar-refractivity contribution is 8.18. The van der Waals surface area contributed by atoms with Crippen LogP contribution in [-0.4, -0.2) is 38.4 Å². The molecule has 0 spiro atoms. The van der Waals surface area contributed by atoms with E-state index in [0.717, 1.165) is 16.7 Å². The molecule has 2 amide bonds. The molecule has 2 heterocycles. The van der Waals surface area contributed by atoms with Gasteiger partial charge in [0.15, 0.2) is 17.2 Å². The molecular formula is C25H17Cl2NO8S2. The Morgan fingerprint density at radius 1 is 1.03 bits per heavy atom. The summed E-state index contributed by atoms with van der Waals surface area (Å²) in [7, 11) is -2.86. The molecule has 3 aromatic rings. The van der Waals surface area contributed by atoms with E-state index in [1.54, 1.807) is 30.3 Å². The monoisotopic (exact) mass is 593 g/mol. The normalized spacial score (nSPS) is 15.9. The van der Waals surface area contributed by atoms with Crippen molar-refractivity contribution in [1.29, 1.82) is 0 Å². The van der Waals surface area contributed by atoms with Crippen molar-refractivity contribution in [2.24, 2.45) is 0 Å². The lowest BCUT2D eigenvalue weighted by Crippen LogP contribution is -2.27. The molecular weight excluding hydrogens is 577 g/mol. The van der Waals surface area contributed by atoms with Gasteiger partial charge in [0.05, 0.1) is 23.6 Å². The molecule has 5 rings (SSSR count). The number of ether oxygens (including phenoxy) is 3. The summed E-state index contributed by atoms with van der Waals surface area (Å²) in [6.07, 6.45) is 1.45. The lowest BCUT2D eigenvalue weighted by molar-refractivity contribution is -0.123. The van der Waals surface area contributed by atoms with Crippen LogP contribution in [0.4, 0.5) is 4.79 Å². The number of carbonyl (C=O) groups excluding carboxylic acids is 2. The topological polar surface area (TPSA) is 108 Å². The van der Waals surface area contributed by atoms with Crippen LogP contribution in [0.15, 0.2) is 64.4 Å². The van der Waals surface area contributed by atoms with Gasteiger partial charge in [0.25, 0.3) is 11.1 Å². The number of hydrogen-bond donors (Lipinski definition) is 0. The Balaban J connectivity index is 1.39. The van der Waals surface area contributed by atoms with Gasteiger partial charge in [-0.05, 0) is 59.3 Å². The number of imide groups is 1. The molecule has 0 N–H and O–H groups in total. The number of thioether (sulfide) groups is 1. The van der Waals surface area contributed by atoms with E-state index in [1.807, 2.05) is 0 Å². The molecule has 38 heavy (non-hydrogen) atoms. The number of nitrogens with zero attached hydrogens (tertiary/aromatic N) is 1.